The minimum absolute atomic E-state index is 0.669. The third-order valence-corrected chi connectivity index (χ3v) is 3.09. The molecule has 0 N–H and O–H groups in total. The van der Waals surface area contributed by atoms with Crippen LogP contribution in [0.2, 0.25) is 5.02 Å². The van der Waals surface area contributed by atoms with Gasteiger partial charge in [0.25, 0.3) is 0 Å². The van der Waals surface area contributed by atoms with E-state index in [0.717, 1.165) is 28.1 Å². The highest BCUT2D eigenvalue weighted by molar-refractivity contribution is 6.31. The molecule has 0 saturated heterocycles. The molecule has 2 heterocycles. The van der Waals surface area contributed by atoms with Crippen molar-refractivity contribution in [2.45, 2.75) is 13.8 Å². The summed E-state index contributed by atoms with van der Waals surface area (Å²) in [5.41, 5.74) is 3.39. The molecule has 0 spiro atoms. The molecule has 0 saturated carbocycles. The van der Waals surface area contributed by atoms with Gasteiger partial charge in [0, 0.05) is 18.9 Å². The second-order valence-corrected chi connectivity index (χ2v) is 4.98. The summed E-state index contributed by atoms with van der Waals surface area (Å²) in [7, 11) is 0. The monoisotopic (exact) mass is 300 g/mol. The van der Waals surface area contributed by atoms with E-state index in [1.54, 1.807) is 12.1 Å². The van der Waals surface area contributed by atoms with Crippen LogP contribution >= 0.6 is 11.6 Å². The lowest BCUT2D eigenvalue weighted by atomic mass is 10.3. The number of nitrogens with zero attached hydrogens (tertiary/aromatic N) is 2. The number of halogens is 1. The summed E-state index contributed by atoms with van der Waals surface area (Å²) in [6.07, 6.45) is 0. The molecule has 0 radical (unpaired) electrons. The van der Waals surface area contributed by atoms with E-state index in [4.69, 9.17) is 20.4 Å². The quantitative estimate of drug-likeness (QED) is 0.462. The zero-order valence-corrected chi connectivity index (χ0v) is 12.4. The van der Waals surface area contributed by atoms with Crippen molar-refractivity contribution < 1.29 is 8.83 Å². The summed E-state index contributed by atoms with van der Waals surface area (Å²) in [6.45, 7) is 3.66. The number of oxazole rings is 2. The van der Waals surface area contributed by atoms with Crippen LogP contribution in [0.5, 0.6) is 0 Å². The van der Waals surface area contributed by atoms with E-state index < -0.39 is 0 Å². The smallest absolute Gasteiger partial charge is 0.192 e. The van der Waals surface area contributed by atoms with E-state index in [2.05, 4.69) is 9.97 Å². The van der Waals surface area contributed by atoms with E-state index in [0.29, 0.717) is 10.9 Å². The fourth-order valence-corrected chi connectivity index (χ4v) is 2.17. The Hall–Kier alpha value is -2.33. The predicted octanol–water partition coefficient (Wildman–Crippen LogP) is 4.93. The summed E-state index contributed by atoms with van der Waals surface area (Å²) in [5, 5.41) is 0.686. The number of aryl methyl sites for hydroxylation is 2. The van der Waals surface area contributed by atoms with E-state index in [9.17, 15) is 0 Å². The Kier molecular flexibility index (Phi) is 3.62. The van der Waals surface area contributed by atoms with Crippen LogP contribution in [0.25, 0.3) is 22.2 Å². The molecule has 21 heavy (non-hydrogen) atoms. The largest absolute Gasteiger partial charge is 0.441 e. The van der Waals surface area contributed by atoms with E-state index >= 15 is 0 Å². The lowest BCUT2D eigenvalue weighted by molar-refractivity contribution is 0.560. The third-order valence-electron chi connectivity index (χ3n) is 2.86. The maximum Gasteiger partial charge on any atom is 0.192 e. The molecule has 4 rings (SSSR count). The Morgan fingerprint density at radius 3 is 2.14 bits per heavy atom. The number of rotatable bonds is 0. The first kappa shape index (κ1) is 13.6. The van der Waals surface area contributed by atoms with Gasteiger partial charge in [-0.05, 0) is 30.3 Å². The van der Waals surface area contributed by atoms with Crippen molar-refractivity contribution >= 4 is 33.8 Å². The van der Waals surface area contributed by atoms with Gasteiger partial charge in [0.1, 0.15) is 11.0 Å². The molecule has 4 nitrogen and oxygen atoms in total. The van der Waals surface area contributed by atoms with Gasteiger partial charge in [-0.3, -0.25) is 0 Å². The molecule has 0 unspecified atom stereocenters. The molecule has 2 aromatic carbocycles. The number of hydrogen-bond acceptors (Lipinski definition) is 4. The normalized spacial score (nSPS) is 10.6. The third kappa shape index (κ3) is 3.06. The molecule has 2 aromatic heterocycles. The van der Waals surface area contributed by atoms with Crippen LogP contribution in [0.4, 0.5) is 0 Å². The van der Waals surface area contributed by atoms with E-state index in [-0.39, 0.29) is 0 Å². The Bertz CT molecular complexity index is 862. The molecule has 0 amide bonds. The summed E-state index contributed by atoms with van der Waals surface area (Å²) >= 11 is 5.75. The Balaban J connectivity index is 0.000000126. The van der Waals surface area contributed by atoms with Gasteiger partial charge in [-0.2, -0.15) is 0 Å². The minimum Gasteiger partial charge on any atom is -0.441 e. The second-order valence-electron chi connectivity index (χ2n) is 4.55. The van der Waals surface area contributed by atoms with Crippen molar-refractivity contribution in [2.75, 3.05) is 0 Å². The molecule has 106 valence electrons. The summed E-state index contributed by atoms with van der Waals surface area (Å²) in [4.78, 5) is 8.27. The Morgan fingerprint density at radius 1 is 0.810 bits per heavy atom. The van der Waals surface area contributed by atoms with Crippen molar-refractivity contribution in [2.24, 2.45) is 0 Å². The molecule has 0 atom stereocenters. The lowest BCUT2D eigenvalue weighted by Crippen LogP contribution is -1.67. The van der Waals surface area contributed by atoms with Crippen LogP contribution < -0.4 is 0 Å². The van der Waals surface area contributed by atoms with E-state index in [1.807, 2.05) is 44.2 Å². The molecule has 0 aliphatic carbocycles. The molecule has 0 bridgehead atoms. The predicted molar refractivity (Wildman–Crippen MR) is 82.5 cm³/mol. The van der Waals surface area contributed by atoms with Gasteiger partial charge in [0.15, 0.2) is 22.9 Å². The zero-order valence-electron chi connectivity index (χ0n) is 11.6. The van der Waals surface area contributed by atoms with E-state index in [1.165, 1.54) is 0 Å². The van der Waals surface area contributed by atoms with Gasteiger partial charge in [0.05, 0.1) is 0 Å². The number of fused-ring (bicyclic) bond motifs is 2. The van der Waals surface area contributed by atoms with Gasteiger partial charge < -0.3 is 8.83 Å². The Labute approximate surface area is 126 Å². The van der Waals surface area contributed by atoms with Crippen molar-refractivity contribution in [3.63, 3.8) is 0 Å². The van der Waals surface area contributed by atoms with Crippen LogP contribution in [0.3, 0.4) is 0 Å². The van der Waals surface area contributed by atoms with Crippen LogP contribution in [-0.4, -0.2) is 9.97 Å². The van der Waals surface area contributed by atoms with Crippen LogP contribution in [0.1, 0.15) is 11.8 Å². The first-order valence-electron chi connectivity index (χ1n) is 6.47. The number of hydrogen-bond donors (Lipinski definition) is 0. The molecular formula is C16H13ClN2O2. The van der Waals surface area contributed by atoms with Crippen LogP contribution in [-0.2, 0) is 0 Å². The second kappa shape index (κ2) is 5.58. The van der Waals surface area contributed by atoms with Gasteiger partial charge in [0.2, 0.25) is 0 Å². The fraction of sp³-hybridized carbons (Fsp3) is 0.125. The average Bonchev–Trinajstić information content (AvgIpc) is 2.99. The first-order chi connectivity index (χ1) is 10.1. The maximum absolute atomic E-state index is 5.75. The van der Waals surface area contributed by atoms with Gasteiger partial charge in [-0.25, -0.2) is 9.97 Å². The lowest BCUT2D eigenvalue weighted by Gasteiger charge is -1.85. The topological polar surface area (TPSA) is 52.1 Å². The molecular weight excluding hydrogens is 288 g/mol. The molecule has 0 aliphatic heterocycles. The minimum atomic E-state index is 0.669. The highest BCUT2D eigenvalue weighted by Gasteiger charge is 2.00. The maximum atomic E-state index is 5.75. The fourth-order valence-electron chi connectivity index (χ4n) is 2.00. The molecule has 0 aliphatic rings. The van der Waals surface area contributed by atoms with Gasteiger partial charge >= 0.3 is 0 Å². The average molecular weight is 301 g/mol. The first-order valence-corrected chi connectivity index (χ1v) is 6.84. The number of para-hydroxylation sites is 2. The zero-order chi connectivity index (χ0) is 14.8. The summed E-state index contributed by atoms with van der Waals surface area (Å²) in [5.74, 6) is 1.39. The highest BCUT2D eigenvalue weighted by atomic mass is 35.5. The van der Waals surface area contributed by atoms with Crippen molar-refractivity contribution in [3.05, 3.63) is 59.3 Å². The SMILES string of the molecule is Cc1nc2cc(Cl)ccc2o1.Cc1nc2ccccc2o1. The van der Waals surface area contributed by atoms with Crippen molar-refractivity contribution in [1.29, 1.82) is 0 Å². The Morgan fingerprint density at radius 2 is 1.43 bits per heavy atom. The van der Waals surface area contributed by atoms with Crippen molar-refractivity contribution in [3.8, 4) is 0 Å². The molecule has 5 heteroatoms. The molecule has 0 fully saturated rings. The summed E-state index contributed by atoms with van der Waals surface area (Å²) < 4.78 is 10.5. The standard InChI is InChI=1S/C8H6ClNO.C8H7NO/c1-5-10-7-4-6(9)2-3-8(7)11-5;1-6-9-7-4-2-3-5-8(7)10-6/h2-4H,1H3;2-5H,1H3. The van der Waals surface area contributed by atoms with Crippen LogP contribution in [0, 0.1) is 13.8 Å². The van der Waals surface area contributed by atoms with Gasteiger partial charge in [-0.1, -0.05) is 23.7 Å². The van der Waals surface area contributed by atoms with Crippen LogP contribution in [0.15, 0.2) is 51.3 Å². The summed E-state index contributed by atoms with van der Waals surface area (Å²) in [6, 6.07) is 13.1. The van der Waals surface area contributed by atoms with Gasteiger partial charge in [-0.15, -0.1) is 0 Å². The molecule has 4 aromatic rings. The number of benzene rings is 2. The highest BCUT2D eigenvalue weighted by Crippen LogP contribution is 2.19. The van der Waals surface area contributed by atoms with Crippen molar-refractivity contribution in [1.82, 2.24) is 9.97 Å². The number of aromatic nitrogens is 2.